The second-order valence-corrected chi connectivity index (χ2v) is 9.81. The van der Waals surface area contributed by atoms with Crippen molar-refractivity contribution in [2.75, 3.05) is 48.2 Å². The molecule has 0 spiro atoms. The number of rotatable bonds is 3. The van der Waals surface area contributed by atoms with Crippen LogP contribution in [0.3, 0.4) is 0 Å². The lowest BCUT2D eigenvalue weighted by molar-refractivity contribution is 0.0746. The number of thiazole rings is 1. The number of sulfonamides is 1. The van der Waals surface area contributed by atoms with E-state index in [-0.39, 0.29) is 5.91 Å². The van der Waals surface area contributed by atoms with Gasteiger partial charge in [0.1, 0.15) is 0 Å². The van der Waals surface area contributed by atoms with Crippen molar-refractivity contribution in [3.63, 3.8) is 0 Å². The first kappa shape index (κ1) is 18.2. The minimum Gasteiger partial charge on any atom is -0.368 e. The third kappa shape index (κ3) is 3.66. The number of hydrogen-bond donors (Lipinski definition) is 0. The van der Waals surface area contributed by atoms with Crippen LogP contribution in [0.5, 0.6) is 0 Å². The summed E-state index contributed by atoms with van der Waals surface area (Å²) in [6.07, 6.45) is 2.71. The van der Waals surface area contributed by atoms with Crippen LogP contribution in [0, 0.1) is 0 Å². The number of carbonyl (C=O) groups excluding carboxylic acids is 1. The maximum absolute atomic E-state index is 12.9. The number of fused-ring (bicyclic) bond motifs is 1. The molecule has 27 heavy (non-hydrogen) atoms. The Morgan fingerprint density at radius 2 is 1.78 bits per heavy atom. The highest BCUT2D eigenvalue weighted by Gasteiger charge is 2.31. The van der Waals surface area contributed by atoms with Gasteiger partial charge in [-0.25, -0.2) is 13.4 Å². The Hall–Kier alpha value is -2.13. The zero-order chi connectivity index (χ0) is 19.0. The van der Waals surface area contributed by atoms with E-state index in [2.05, 4.69) is 22.0 Å². The average molecular weight is 407 g/mol. The molecule has 2 aliphatic heterocycles. The van der Waals surface area contributed by atoms with Crippen LogP contribution in [0.1, 0.15) is 21.1 Å². The molecule has 0 radical (unpaired) electrons. The Labute approximate surface area is 163 Å². The van der Waals surface area contributed by atoms with Gasteiger partial charge in [-0.1, -0.05) is 18.2 Å². The van der Waals surface area contributed by atoms with Gasteiger partial charge in [0.15, 0.2) is 10.8 Å². The lowest BCUT2D eigenvalue weighted by Crippen LogP contribution is -2.48. The number of amides is 1. The van der Waals surface area contributed by atoms with Gasteiger partial charge in [-0.2, -0.15) is 0 Å². The summed E-state index contributed by atoms with van der Waals surface area (Å²) in [6, 6.07) is 10.2. The summed E-state index contributed by atoms with van der Waals surface area (Å²) in [5, 5.41) is 0.392. The number of hydrogen-bond acceptors (Lipinski definition) is 6. The summed E-state index contributed by atoms with van der Waals surface area (Å²) in [4.78, 5) is 22.3. The highest BCUT2D eigenvalue weighted by Crippen LogP contribution is 2.33. The van der Waals surface area contributed by atoms with Crippen LogP contribution < -0.4 is 9.21 Å². The molecule has 0 saturated carbocycles. The molecule has 144 valence electrons. The average Bonchev–Trinajstić information content (AvgIpc) is 3.11. The standard InChI is InChI=1S/C18H22N4O3S2/c1-27(24,25)22-9-5-8-15-16(22)19-17(26-15)18(23)21-12-10-20(11-13-21)14-6-3-2-4-7-14/h2-4,6-7H,5,8-13H2,1H3. The number of benzene rings is 1. The Bertz CT molecular complexity index is 935. The monoisotopic (exact) mass is 406 g/mol. The number of aryl methyl sites for hydroxylation is 1. The van der Waals surface area contributed by atoms with Crippen LogP contribution in [0.4, 0.5) is 11.5 Å². The lowest BCUT2D eigenvalue weighted by atomic mass is 10.2. The van der Waals surface area contributed by atoms with Crippen molar-refractivity contribution in [2.24, 2.45) is 0 Å². The number of carbonyl (C=O) groups is 1. The van der Waals surface area contributed by atoms with Crippen LogP contribution in [0.15, 0.2) is 30.3 Å². The molecular weight excluding hydrogens is 384 g/mol. The van der Waals surface area contributed by atoms with Crippen molar-refractivity contribution in [3.05, 3.63) is 40.2 Å². The quantitative estimate of drug-likeness (QED) is 0.777. The van der Waals surface area contributed by atoms with Crippen LogP contribution in [0.25, 0.3) is 0 Å². The molecule has 1 aromatic carbocycles. The summed E-state index contributed by atoms with van der Waals surface area (Å²) in [5.41, 5.74) is 1.16. The van der Waals surface area contributed by atoms with E-state index in [0.29, 0.717) is 30.5 Å². The first-order valence-corrected chi connectivity index (χ1v) is 11.7. The summed E-state index contributed by atoms with van der Waals surface area (Å²) >= 11 is 1.33. The van der Waals surface area contributed by atoms with E-state index < -0.39 is 10.0 Å². The fourth-order valence-corrected chi connectivity index (χ4v) is 5.61. The minimum atomic E-state index is -3.37. The summed E-state index contributed by atoms with van der Waals surface area (Å²) in [6.45, 7) is 3.24. The molecule has 0 unspecified atom stereocenters. The fraction of sp³-hybridized carbons (Fsp3) is 0.444. The Morgan fingerprint density at radius 3 is 2.44 bits per heavy atom. The molecule has 7 nitrogen and oxygen atoms in total. The van der Waals surface area contributed by atoms with Gasteiger partial charge in [-0.05, 0) is 25.0 Å². The van der Waals surface area contributed by atoms with Crippen LogP contribution >= 0.6 is 11.3 Å². The van der Waals surface area contributed by atoms with Crippen molar-refractivity contribution in [1.29, 1.82) is 0 Å². The van der Waals surface area contributed by atoms with Crippen LogP contribution in [0.2, 0.25) is 0 Å². The van der Waals surface area contributed by atoms with Crippen molar-refractivity contribution < 1.29 is 13.2 Å². The zero-order valence-electron chi connectivity index (χ0n) is 15.2. The smallest absolute Gasteiger partial charge is 0.283 e. The Morgan fingerprint density at radius 1 is 1.07 bits per heavy atom. The molecule has 9 heteroatoms. The molecule has 1 aromatic heterocycles. The normalized spacial score (nSPS) is 17.7. The third-order valence-corrected chi connectivity index (χ3v) is 7.20. The Balaban J connectivity index is 1.48. The van der Waals surface area contributed by atoms with Crippen molar-refractivity contribution in [2.45, 2.75) is 12.8 Å². The largest absolute Gasteiger partial charge is 0.368 e. The molecule has 1 saturated heterocycles. The second-order valence-electron chi connectivity index (χ2n) is 6.82. The van der Waals surface area contributed by atoms with Gasteiger partial charge in [0.2, 0.25) is 10.0 Å². The first-order chi connectivity index (χ1) is 12.9. The zero-order valence-corrected chi connectivity index (χ0v) is 16.8. The van der Waals surface area contributed by atoms with E-state index >= 15 is 0 Å². The van der Waals surface area contributed by atoms with E-state index in [0.717, 1.165) is 36.5 Å². The van der Waals surface area contributed by atoms with Gasteiger partial charge in [0, 0.05) is 38.4 Å². The molecule has 0 N–H and O–H groups in total. The van der Waals surface area contributed by atoms with Crippen molar-refractivity contribution in [1.82, 2.24) is 9.88 Å². The molecule has 2 aromatic rings. The van der Waals surface area contributed by atoms with Gasteiger partial charge < -0.3 is 9.80 Å². The summed E-state index contributed by atoms with van der Waals surface area (Å²) in [5.74, 6) is 0.343. The summed E-state index contributed by atoms with van der Waals surface area (Å²) in [7, 11) is -3.37. The van der Waals surface area contributed by atoms with Gasteiger partial charge in [0.25, 0.3) is 5.91 Å². The maximum atomic E-state index is 12.9. The molecule has 1 fully saturated rings. The highest BCUT2D eigenvalue weighted by atomic mass is 32.2. The fourth-order valence-electron chi connectivity index (χ4n) is 3.55. The van der Waals surface area contributed by atoms with Gasteiger partial charge in [-0.15, -0.1) is 11.3 Å². The molecule has 2 aliphatic rings. The van der Waals surface area contributed by atoms with Crippen molar-refractivity contribution in [3.8, 4) is 0 Å². The number of para-hydroxylation sites is 1. The number of anilines is 2. The van der Waals surface area contributed by atoms with E-state index in [1.807, 2.05) is 23.1 Å². The Kier molecular flexibility index (Phi) is 4.81. The highest BCUT2D eigenvalue weighted by molar-refractivity contribution is 7.92. The number of piperazine rings is 1. The second kappa shape index (κ2) is 7.12. The molecule has 0 atom stereocenters. The van der Waals surface area contributed by atoms with E-state index in [9.17, 15) is 13.2 Å². The van der Waals surface area contributed by atoms with Gasteiger partial charge in [-0.3, -0.25) is 9.10 Å². The molecule has 3 heterocycles. The van der Waals surface area contributed by atoms with Crippen LogP contribution in [-0.2, 0) is 16.4 Å². The molecule has 0 aliphatic carbocycles. The van der Waals surface area contributed by atoms with Gasteiger partial charge >= 0.3 is 0 Å². The van der Waals surface area contributed by atoms with E-state index in [1.54, 1.807) is 0 Å². The summed E-state index contributed by atoms with van der Waals surface area (Å²) < 4.78 is 25.3. The first-order valence-electron chi connectivity index (χ1n) is 9.00. The number of nitrogens with zero attached hydrogens (tertiary/aromatic N) is 4. The molecule has 1 amide bonds. The predicted octanol–water partition coefficient (Wildman–Crippen LogP) is 1.82. The van der Waals surface area contributed by atoms with Gasteiger partial charge in [0.05, 0.1) is 11.1 Å². The number of aromatic nitrogens is 1. The molecular formula is C18H22N4O3S2. The predicted molar refractivity (Wildman–Crippen MR) is 107 cm³/mol. The maximum Gasteiger partial charge on any atom is 0.283 e. The third-order valence-electron chi connectivity index (χ3n) is 4.95. The van der Waals surface area contributed by atoms with E-state index in [1.165, 1.54) is 21.9 Å². The molecule has 4 rings (SSSR count). The minimum absolute atomic E-state index is 0.101. The lowest BCUT2D eigenvalue weighted by Gasteiger charge is -2.35. The van der Waals surface area contributed by atoms with Crippen LogP contribution in [-0.4, -0.2) is 63.2 Å². The SMILES string of the molecule is CS(=O)(=O)N1CCCc2sc(C(=O)N3CCN(c4ccccc4)CC3)nc21. The molecule has 0 bridgehead atoms. The topological polar surface area (TPSA) is 73.8 Å². The van der Waals surface area contributed by atoms with Crippen molar-refractivity contribution >= 4 is 38.8 Å². The van der Waals surface area contributed by atoms with E-state index in [4.69, 9.17) is 0 Å².